The summed E-state index contributed by atoms with van der Waals surface area (Å²) in [5.74, 6) is 0.786. The molecule has 13 heavy (non-hydrogen) atoms. The van der Waals surface area contributed by atoms with Crippen molar-refractivity contribution in [1.82, 2.24) is 0 Å². The fourth-order valence-electron chi connectivity index (χ4n) is 1.10. The molecule has 0 aliphatic rings. The quantitative estimate of drug-likeness (QED) is 0.898. The molecule has 2 heterocycles. The van der Waals surface area contributed by atoms with E-state index in [9.17, 15) is 0 Å². The Bertz CT molecular complexity index is 382. The van der Waals surface area contributed by atoms with Gasteiger partial charge < -0.3 is 10.2 Å². The molecule has 0 bridgehead atoms. The second-order valence-electron chi connectivity index (χ2n) is 2.63. The molecule has 68 valence electrons. The van der Waals surface area contributed by atoms with Gasteiger partial charge in [0.1, 0.15) is 5.76 Å². The van der Waals surface area contributed by atoms with Gasteiger partial charge in [-0.15, -0.1) is 11.3 Å². The van der Waals surface area contributed by atoms with Gasteiger partial charge >= 0.3 is 0 Å². The number of hydrogen-bond donors (Lipinski definition) is 1. The van der Waals surface area contributed by atoms with Gasteiger partial charge in [0.15, 0.2) is 4.67 Å². The third kappa shape index (κ3) is 1.85. The summed E-state index contributed by atoms with van der Waals surface area (Å²) in [6, 6.07) is 7.58. The van der Waals surface area contributed by atoms with Gasteiger partial charge in [-0.05, 0) is 39.5 Å². The number of thiophene rings is 1. The highest BCUT2D eigenvalue weighted by atomic mass is 79.9. The van der Waals surface area contributed by atoms with E-state index in [0.29, 0.717) is 0 Å². The molecule has 0 spiro atoms. The Morgan fingerprint density at radius 1 is 1.38 bits per heavy atom. The van der Waals surface area contributed by atoms with E-state index in [2.05, 4.69) is 15.9 Å². The zero-order valence-corrected chi connectivity index (χ0v) is 9.14. The fraction of sp³-hybridized carbons (Fsp3) is 0.111. The zero-order valence-electron chi connectivity index (χ0n) is 6.74. The molecule has 1 atom stereocenters. The average molecular weight is 258 g/mol. The van der Waals surface area contributed by atoms with E-state index in [1.807, 2.05) is 29.6 Å². The lowest BCUT2D eigenvalue weighted by atomic mass is 10.2. The van der Waals surface area contributed by atoms with Crippen LogP contribution in [-0.4, -0.2) is 0 Å². The second kappa shape index (κ2) is 3.65. The smallest absolute Gasteiger partial charge is 0.169 e. The Balaban J connectivity index is 2.28. The highest BCUT2D eigenvalue weighted by Crippen LogP contribution is 2.26. The van der Waals surface area contributed by atoms with Crippen molar-refractivity contribution < 1.29 is 4.42 Å². The molecule has 0 aliphatic heterocycles. The topological polar surface area (TPSA) is 39.2 Å². The lowest BCUT2D eigenvalue weighted by Gasteiger charge is -2.04. The maximum absolute atomic E-state index is 5.97. The summed E-state index contributed by atoms with van der Waals surface area (Å²) >= 11 is 4.88. The molecular formula is C9H8BrNOS. The van der Waals surface area contributed by atoms with Crippen molar-refractivity contribution in [2.75, 3.05) is 0 Å². The van der Waals surface area contributed by atoms with Crippen molar-refractivity contribution in [2.24, 2.45) is 5.73 Å². The van der Waals surface area contributed by atoms with Crippen LogP contribution in [0, 0.1) is 0 Å². The summed E-state index contributed by atoms with van der Waals surface area (Å²) in [6.07, 6.45) is 0. The van der Waals surface area contributed by atoms with E-state index >= 15 is 0 Å². The first-order valence-electron chi connectivity index (χ1n) is 3.81. The van der Waals surface area contributed by atoms with E-state index in [-0.39, 0.29) is 6.04 Å². The fourth-order valence-corrected chi connectivity index (χ4v) is 2.16. The molecule has 0 aromatic carbocycles. The molecule has 0 saturated carbocycles. The van der Waals surface area contributed by atoms with Crippen molar-refractivity contribution in [3.05, 3.63) is 45.0 Å². The van der Waals surface area contributed by atoms with E-state index in [0.717, 1.165) is 15.3 Å². The van der Waals surface area contributed by atoms with Gasteiger partial charge in [0.25, 0.3) is 0 Å². The van der Waals surface area contributed by atoms with Crippen LogP contribution in [0.1, 0.15) is 16.7 Å². The summed E-state index contributed by atoms with van der Waals surface area (Å²) in [6.45, 7) is 0. The Hall–Kier alpha value is -0.580. The number of hydrogen-bond acceptors (Lipinski definition) is 3. The second-order valence-corrected chi connectivity index (χ2v) is 4.40. The van der Waals surface area contributed by atoms with Gasteiger partial charge in [0, 0.05) is 4.88 Å². The summed E-state index contributed by atoms with van der Waals surface area (Å²) in [4.78, 5) is 1.11. The standard InChI is InChI=1S/C9H8BrNOS/c10-8-4-3-6(12-8)9(11)7-2-1-5-13-7/h1-5,9H,11H2. The van der Waals surface area contributed by atoms with E-state index in [1.165, 1.54) is 0 Å². The predicted molar refractivity (Wildman–Crippen MR) is 56.8 cm³/mol. The van der Waals surface area contributed by atoms with Crippen LogP contribution >= 0.6 is 27.3 Å². The molecular weight excluding hydrogens is 250 g/mol. The first-order valence-corrected chi connectivity index (χ1v) is 5.49. The Morgan fingerprint density at radius 2 is 2.23 bits per heavy atom. The van der Waals surface area contributed by atoms with Crippen LogP contribution < -0.4 is 5.73 Å². The molecule has 0 aliphatic carbocycles. The van der Waals surface area contributed by atoms with Gasteiger partial charge in [0.05, 0.1) is 6.04 Å². The van der Waals surface area contributed by atoms with Gasteiger partial charge in [-0.25, -0.2) is 0 Å². The molecule has 0 fully saturated rings. The molecule has 2 aromatic rings. The lowest BCUT2D eigenvalue weighted by molar-refractivity contribution is 0.472. The van der Waals surface area contributed by atoms with Crippen molar-refractivity contribution >= 4 is 27.3 Å². The van der Waals surface area contributed by atoms with Crippen LogP contribution in [0.2, 0.25) is 0 Å². The summed E-state index contributed by atoms with van der Waals surface area (Å²) < 4.78 is 6.08. The molecule has 4 heteroatoms. The van der Waals surface area contributed by atoms with Gasteiger partial charge in [-0.3, -0.25) is 0 Å². The zero-order chi connectivity index (χ0) is 9.26. The minimum atomic E-state index is -0.147. The van der Waals surface area contributed by atoms with Crippen molar-refractivity contribution in [3.8, 4) is 0 Å². The van der Waals surface area contributed by atoms with Crippen LogP contribution in [0.4, 0.5) is 0 Å². The van der Waals surface area contributed by atoms with Crippen molar-refractivity contribution in [1.29, 1.82) is 0 Å². The van der Waals surface area contributed by atoms with E-state index in [1.54, 1.807) is 11.3 Å². The van der Waals surface area contributed by atoms with Gasteiger partial charge in [0.2, 0.25) is 0 Å². The molecule has 0 saturated heterocycles. The number of rotatable bonds is 2. The maximum Gasteiger partial charge on any atom is 0.169 e. The molecule has 2 aromatic heterocycles. The van der Waals surface area contributed by atoms with Gasteiger partial charge in [-0.1, -0.05) is 6.07 Å². The third-order valence-corrected chi connectivity index (χ3v) is 3.13. The number of furan rings is 1. The van der Waals surface area contributed by atoms with E-state index in [4.69, 9.17) is 10.2 Å². The minimum absolute atomic E-state index is 0.147. The predicted octanol–water partition coefficient (Wildman–Crippen LogP) is 3.15. The molecule has 2 N–H and O–H groups in total. The molecule has 0 radical (unpaired) electrons. The normalized spacial score (nSPS) is 13.1. The summed E-state index contributed by atoms with van der Waals surface area (Å²) in [7, 11) is 0. The van der Waals surface area contributed by atoms with Crippen LogP contribution in [0.3, 0.4) is 0 Å². The van der Waals surface area contributed by atoms with Crippen molar-refractivity contribution in [2.45, 2.75) is 6.04 Å². The molecule has 2 nitrogen and oxygen atoms in total. The molecule has 2 rings (SSSR count). The average Bonchev–Trinajstić information content (AvgIpc) is 2.72. The van der Waals surface area contributed by atoms with Crippen molar-refractivity contribution in [3.63, 3.8) is 0 Å². The highest BCUT2D eigenvalue weighted by Gasteiger charge is 2.13. The Kier molecular flexibility index (Phi) is 2.53. The first-order chi connectivity index (χ1) is 6.27. The van der Waals surface area contributed by atoms with Crippen LogP contribution in [0.5, 0.6) is 0 Å². The monoisotopic (exact) mass is 257 g/mol. The lowest BCUT2D eigenvalue weighted by Crippen LogP contribution is -2.08. The van der Waals surface area contributed by atoms with Crippen LogP contribution in [0.25, 0.3) is 0 Å². The summed E-state index contributed by atoms with van der Waals surface area (Å²) in [5, 5.41) is 2.01. The maximum atomic E-state index is 5.97. The Labute approximate surface area is 88.5 Å². The Morgan fingerprint density at radius 3 is 2.77 bits per heavy atom. The van der Waals surface area contributed by atoms with Gasteiger partial charge in [-0.2, -0.15) is 0 Å². The van der Waals surface area contributed by atoms with Crippen LogP contribution in [0.15, 0.2) is 38.7 Å². The largest absolute Gasteiger partial charge is 0.452 e. The SMILES string of the molecule is NC(c1ccc(Br)o1)c1cccs1. The van der Waals surface area contributed by atoms with E-state index < -0.39 is 0 Å². The molecule has 0 amide bonds. The number of nitrogens with two attached hydrogens (primary N) is 1. The third-order valence-electron chi connectivity index (χ3n) is 1.75. The van der Waals surface area contributed by atoms with Crippen LogP contribution in [-0.2, 0) is 0 Å². The minimum Gasteiger partial charge on any atom is -0.452 e. The first kappa shape index (κ1) is 8.99. The molecule has 1 unspecified atom stereocenters. The highest BCUT2D eigenvalue weighted by molar-refractivity contribution is 9.10. The summed E-state index contributed by atoms with van der Waals surface area (Å²) in [5.41, 5.74) is 5.97. The number of halogens is 1.